The summed E-state index contributed by atoms with van der Waals surface area (Å²) in [6.45, 7) is -0.282. The van der Waals surface area contributed by atoms with Gasteiger partial charge in [0.1, 0.15) is 5.75 Å². The predicted molar refractivity (Wildman–Crippen MR) is 109 cm³/mol. The van der Waals surface area contributed by atoms with Crippen LogP contribution in [0, 0.1) is 0 Å². The molecule has 0 heterocycles. The van der Waals surface area contributed by atoms with Crippen molar-refractivity contribution in [2.75, 3.05) is 27.9 Å². The van der Waals surface area contributed by atoms with Gasteiger partial charge in [0, 0.05) is 10.0 Å². The Balaban J connectivity index is 1.96. The van der Waals surface area contributed by atoms with Gasteiger partial charge in [-0.2, -0.15) is 0 Å². The van der Waals surface area contributed by atoms with Crippen molar-refractivity contribution in [2.45, 2.75) is 0 Å². The van der Waals surface area contributed by atoms with E-state index >= 15 is 0 Å². The van der Waals surface area contributed by atoms with Crippen LogP contribution in [0.15, 0.2) is 39.3 Å². The summed E-state index contributed by atoms with van der Waals surface area (Å²) in [6.07, 6.45) is 0. The number of hydrazine groups is 1. The SMILES string of the molecule is COc1cc(C(=O)NNC(=O)COc2ccc(Br)cc2Br)cc(OC)c1OC. The molecule has 2 aromatic carbocycles. The number of carbonyl (C=O) groups excluding carboxylic acids is 2. The highest BCUT2D eigenvalue weighted by molar-refractivity contribution is 9.11. The molecular formula is C18H18Br2N2O6. The lowest BCUT2D eigenvalue weighted by molar-refractivity contribution is -0.123. The van der Waals surface area contributed by atoms with E-state index in [1.807, 2.05) is 0 Å². The van der Waals surface area contributed by atoms with Gasteiger partial charge in [-0.1, -0.05) is 15.9 Å². The predicted octanol–water partition coefficient (Wildman–Crippen LogP) is 3.08. The number of hydrogen-bond acceptors (Lipinski definition) is 6. The molecule has 0 unspecified atom stereocenters. The summed E-state index contributed by atoms with van der Waals surface area (Å²) in [4.78, 5) is 24.3. The molecule has 0 fully saturated rings. The molecule has 28 heavy (non-hydrogen) atoms. The van der Waals surface area contributed by atoms with E-state index in [-0.39, 0.29) is 12.2 Å². The van der Waals surface area contributed by atoms with Gasteiger partial charge in [-0.15, -0.1) is 0 Å². The summed E-state index contributed by atoms with van der Waals surface area (Å²) in [5.41, 5.74) is 4.81. The van der Waals surface area contributed by atoms with E-state index in [1.54, 1.807) is 18.2 Å². The zero-order valence-corrected chi connectivity index (χ0v) is 18.5. The lowest BCUT2D eigenvalue weighted by atomic mass is 10.1. The lowest BCUT2D eigenvalue weighted by Gasteiger charge is -2.14. The van der Waals surface area contributed by atoms with Gasteiger partial charge in [0.2, 0.25) is 5.75 Å². The van der Waals surface area contributed by atoms with Crippen LogP contribution < -0.4 is 29.8 Å². The number of halogens is 2. The summed E-state index contributed by atoms with van der Waals surface area (Å²) in [7, 11) is 4.35. The molecule has 2 N–H and O–H groups in total. The smallest absolute Gasteiger partial charge is 0.276 e. The van der Waals surface area contributed by atoms with E-state index in [4.69, 9.17) is 18.9 Å². The Morgan fingerprint density at radius 3 is 2.07 bits per heavy atom. The number of nitrogens with one attached hydrogen (secondary N) is 2. The summed E-state index contributed by atoms with van der Waals surface area (Å²) in [5, 5.41) is 0. The number of carbonyl (C=O) groups is 2. The number of benzene rings is 2. The molecule has 0 aliphatic rings. The van der Waals surface area contributed by atoms with Crippen molar-refractivity contribution < 1.29 is 28.5 Å². The van der Waals surface area contributed by atoms with E-state index in [1.165, 1.54) is 33.5 Å². The van der Waals surface area contributed by atoms with Gasteiger partial charge in [0.25, 0.3) is 11.8 Å². The van der Waals surface area contributed by atoms with Crippen molar-refractivity contribution in [3.8, 4) is 23.0 Å². The highest BCUT2D eigenvalue weighted by atomic mass is 79.9. The molecule has 8 nitrogen and oxygen atoms in total. The third-order valence-electron chi connectivity index (χ3n) is 3.50. The molecule has 10 heteroatoms. The first kappa shape index (κ1) is 21.8. The van der Waals surface area contributed by atoms with E-state index in [0.717, 1.165) is 4.47 Å². The molecule has 0 saturated carbocycles. The van der Waals surface area contributed by atoms with Crippen molar-refractivity contribution in [1.82, 2.24) is 10.9 Å². The van der Waals surface area contributed by atoms with Gasteiger partial charge in [0.15, 0.2) is 18.1 Å². The number of ether oxygens (including phenoxy) is 4. The Bertz CT molecular complexity index is 850. The van der Waals surface area contributed by atoms with E-state index < -0.39 is 11.8 Å². The Morgan fingerprint density at radius 2 is 1.54 bits per heavy atom. The standard InChI is InChI=1S/C18H18Br2N2O6/c1-25-14-6-10(7-15(26-2)17(14)27-3)18(24)22-21-16(23)9-28-13-5-4-11(19)8-12(13)20/h4-8H,9H2,1-3H3,(H,21,23)(H,22,24). The van der Waals surface area contributed by atoms with Crippen LogP contribution in [0.25, 0.3) is 0 Å². The van der Waals surface area contributed by atoms with Crippen LogP contribution in [0.2, 0.25) is 0 Å². The Hall–Kier alpha value is -2.46. The van der Waals surface area contributed by atoms with Gasteiger partial charge in [0.05, 0.1) is 25.8 Å². The minimum Gasteiger partial charge on any atom is -0.493 e. The molecule has 2 aromatic rings. The second kappa shape index (κ2) is 10.2. The summed E-state index contributed by atoms with van der Waals surface area (Å²) in [5.74, 6) is 0.407. The van der Waals surface area contributed by atoms with Crippen LogP contribution in [0.1, 0.15) is 10.4 Å². The van der Waals surface area contributed by atoms with Gasteiger partial charge in [-0.3, -0.25) is 20.4 Å². The molecule has 0 aliphatic heterocycles. The molecule has 0 saturated heterocycles. The first-order valence-electron chi connectivity index (χ1n) is 7.86. The zero-order valence-electron chi connectivity index (χ0n) is 15.3. The normalized spacial score (nSPS) is 10.0. The number of hydrogen-bond donors (Lipinski definition) is 2. The largest absolute Gasteiger partial charge is 0.493 e. The van der Waals surface area contributed by atoms with Gasteiger partial charge >= 0.3 is 0 Å². The van der Waals surface area contributed by atoms with Gasteiger partial charge < -0.3 is 18.9 Å². The monoisotopic (exact) mass is 516 g/mol. The van der Waals surface area contributed by atoms with Gasteiger partial charge in [-0.05, 0) is 46.3 Å². The Morgan fingerprint density at radius 1 is 0.893 bits per heavy atom. The molecule has 0 atom stereocenters. The summed E-state index contributed by atoms with van der Waals surface area (Å²) in [6, 6.07) is 8.22. The van der Waals surface area contributed by atoms with Crippen LogP contribution >= 0.6 is 31.9 Å². The van der Waals surface area contributed by atoms with Crippen LogP contribution in [0.3, 0.4) is 0 Å². The first-order chi connectivity index (χ1) is 13.4. The molecule has 0 aromatic heterocycles. The summed E-state index contributed by atoms with van der Waals surface area (Å²) >= 11 is 6.67. The molecular weight excluding hydrogens is 500 g/mol. The average Bonchev–Trinajstić information content (AvgIpc) is 2.69. The lowest BCUT2D eigenvalue weighted by Crippen LogP contribution is -2.43. The summed E-state index contributed by atoms with van der Waals surface area (Å²) < 4.78 is 22.6. The van der Waals surface area contributed by atoms with E-state index in [9.17, 15) is 9.59 Å². The molecule has 150 valence electrons. The first-order valence-corrected chi connectivity index (χ1v) is 9.45. The van der Waals surface area contributed by atoms with Crippen molar-refractivity contribution in [2.24, 2.45) is 0 Å². The maximum atomic E-state index is 12.3. The highest BCUT2D eigenvalue weighted by Gasteiger charge is 2.17. The van der Waals surface area contributed by atoms with E-state index in [0.29, 0.717) is 27.5 Å². The minimum absolute atomic E-state index is 0.214. The average molecular weight is 518 g/mol. The maximum Gasteiger partial charge on any atom is 0.276 e. The van der Waals surface area contributed by atoms with Crippen molar-refractivity contribution in [1.29, 1.82) is 0 Å². The molecule has 2 rings (SSSR count). The topological polar surface area (TPSA) is 95.1 Å². The fraction of sp³-hybridized carbons (Fsp3) is 0.222. The Labute approximate surface area is 178 Å². The van der Waals surface area contributed by atoms with Crippen LogP contribution in [0.4, 0.5) is 0 Å². The fourth-order valence-corrected chi connectivity index (χ4v) is 3.34. The number of methoxy groups -OCH3 is 3. The van der Waals surface area contributed by atoms with Crippen LogP contribution in [0.5, 0.6) is 23.0 Å². The number of rotatable bonds is 7. The van der Waals surface area contributed by atoms with Crippen molar-refractivity contribution in [3.05, 3.63) is 44.8 Å². The second-order valence-electron chi connectivity index (χ2n) is 5.28. The Kier molecular flexibility index (Phi) is 7.94. The van der Waals surface area contributed by atoms with Crippen LogP contribution in [-0.2, 0) is 4.79 Å². The zero-order chi connectivity index (χ0) is 20.7. The fourth-order valence-electron chi connectivity index (χ4n) is 2.18. The van der Waals surface area contributed by atoms with Crippen molar-refractivity contribution >= 4 is 43.7 Å². The maximum absolute atomic E-state index is 12.3. The quantitative estimate of drug-likeness (QED) is 0.548. The van der Waals surface area contributed by atoms with Gasteiger partial charge in [-0.25, -0.2) is 0 Å². The molecule has 0 aliphatic carbocycles. The second-order valence-corrected chi connectivity index (χ2v) is 7.05. The highest BCUT2D eigenvalue weighted by Crippen LogP contribution is 2.38. The third kappa shape index (κ3) is 5.52. The minimum atomic E-state index is -0.558. The molecule has 0 radical (unpaired) electrons. The van der Waals surface area contributed by atoms with Crippen molar-refractivity contribution in [3.63, 3.8) is 0 Å². The molecule has 0 bridgehead atoms. The number of amides is 2. The van der Waals surface area contributed by atoms with Crippen LogP contribution in [-0.4, -0.2) is 39.8 Å². The third-order valence-corrected chi connectivity index (χ3v) is 4.61. The van der Waals surface area contributed by atoms with E-state index in [2.05, 4.69) is 42.7 Å². The molecule has 2 amide bonds. The molecule has 0 spiro atoms.